The quantitative estimate of drug-likeness (QED) is 0.725. The van der Waals surface area contributed by atoms with Crippen molar-refractivity contribution < 1.29 is 4.74 Å². The molecule has 0 radical (unpaired) electrons. The zero-order valence-electron chi connectivity index (χ0n) is 8.32. The molecule has 2 rings (SSSR count). The molecule has 0 saturated carbocycles. The molecule has 1 aliphatic rings. The van der Waals surface area contributed by atoms with Crippen LogP contribution in [-0.2, 0) is 4.74 Å². The molecule has 1 aromatic heterocycles. The van der Waals surface area contributed by atoms with Crippen LogP contribution >= 0.6 is 11.6 Å². The third-order valence-corrected chi connectivity index (χ3v) is 2.47. The summed E-state index contributed by atoms with van der Waals surface area (Å²) in [6.07, 6.45) is 2.51. The number of hydrogen-bond acceptors (Lipinski definition) is 5. The third-order valence-electron chi connectivity index (χ3n) is 2.29. The lowest BCUT2D eigenvalue weighted by Gasteiger charge is -2.21. The average molecular weight is 229 g/mol. The van der Waals surface area contributed by atoms with Gasteiger partial charge in [0, 0.05) is 19.7 Å². The van der Waals surface area contributed by atoms with Gasteiger partial charge in [-0.1, -0.05) is 0 Å². The zero-order chi connectivity index (χ0) is 10.7. The summed E-state index contributed by atoms with van der Waals surface area (Å²) < 4.78 is 5.36. The SMILES string of the molecule is Nc1cnc(Cl)nc1N1CCCOCC1. The van der Waals surface area contributed by atoms with Gasteiger partial charge < -0.3 is 15.4 Å². The van der Waals surface area contributed by atoms with Crippen molar-refractivity contribution in [2.45, 2.75) is 6.42 Å². The largest absolute Gasteiger partial charge is 0.394 e. The number of ether oxygens (including phenoxy) is 1. The van der Waals surface area contributed by atoms with E-state index in [9.17, 15) is 0 Å². The summed E-state index contributed by atoms with van der Waals surface area (Å²) in [7, 11) is 0. The standard InChI is InChI=1S/C9H13ClN4O/c10-9-12-6-7(11)8(13-9)14-2-1-4-15-5-3-14/h6H,1-5,11H2. The van der Waals surface area contributed by atoms with E-state index in [0.717, 1.165) is 26.1 Å². The molecule has 1 fully saturated rings. The molecular formula is C9H13ClN4O. The molecule has 0 atom stereocenters. The van der Waals surface area contributed by atoms with E-state index in [4.69, 9.17) is 22.1 Å². The number of nitrogens with two attached hydrogens (primary N) is 1. The first kappa shape index (κ1) is 10.4. The van der Waals surface area contributed by atoms with Gasteiger partial charge in [0.1, 0.15) is 0 Å². The van der Waals surface area contributed by atoms with Gasteiger partial charge in [-0.3, -0.25) is 0 Å². The van der Waals surface area contributed by atoms with Crippen LogP contribution < -0.4 is 10.6 Å². The number of anilines is 2. The minimum absolute atomic E-state index is 0.226. The predicted molar refractivity (Wildman–Crippen MR) is 59.1 cm³/mol. The summed E-state index contributed by atoms with van der Waals surface area (Å²) in [5, 5.41) is 0.226. The van der Waals surface area contributed by atoms with Crippen molar-refractivity contribution >= 4 is 23.1 Å². The Hall–Kier alpha value is -1.07. The molecule has 15 heavy (non-hydrogen) atoms. The molecule has 1 aliphatic heterocycles. The first-order valence-electron chi connectivity index (χ1n) is 4.88. The van der Waals surface area contributed by atoms with Crippen molar-refractivity contribution in [1.29, 1.82) is 0 Å². The normalized spacial score (nSPS) is 17.5. The molecule has 1 saturated heterocycles. The first-order valence-corrected chi connectivity index (χ1v) is 5.26. The van der Waals surface area contributed by atoms with E-state index in [-0.39, 0.29) is 5.28 Å². The molecule has 2 heterocycles. The minimum atomic E-state index is 0.226. The van der Waals surface area contributed by atoms with Crippen LogP contribution in [0.3, 0.4) is 0 Å². The highest BCUT2D eigenvalue weighted by Gasteiger charge is 2.14. The van der Waals surface area contributed by atoms with E-state index in [0.29, 0.717) is 18.1 Å². The average Bonchev–Trinajstić information content (AvgIpc) is 2.50. The Balaban J connectivity index is 2.22. The molecule has 0 aliphatic carbocycles. The molecule has 0 aromatic carbocycles. The van der Waals surface area contributed by atoms with E-state index in [1.807, 2.05) is 0 Å². The lowest BCUT2D eigenvalue weighted by Crippen LogP contribution is -2.27. The van der Waals surface area contributed by atoms with E-state index < -0.39 is 0 Å². The summed E-state index contributed by atoms with van der Waals surface area (Å²) >= 11 is 5.74. The van der Waals surface area contributed by atoms with Gasteiger partial charge in [-0.25, -0.2) is 4.98 Å². The maximum Gasteiger partial charge on any atom is 0.224 e. The Morgan fingerprint density at radius 3 is 3.13 bits per heavy atom. The zero-order valence-corrected chi connectivity index (χ0v) is 9.07. The minimum Gasteiger partial charge on any atom is -0.394 e. The van der Waals surface area contributed by atoms with Gasteiger partial charge in [0.15, 0.2) is 5.82 Å². The van der Waals surface area contributed by atoms with Crippen LogP contribution in [0.5, 0.6) is 0 Å². The Labute approximate surface area is 93.2 Å². The number of nitrogens with zero attached hydrogens (tertiary/aromatic N) is 3. The summed E-state index contributed by atoms with van der Waals surface area (Å²) in [6.45, 7) is 3.16. The number of rotatable bonds is 1. The molecule has 0 bridgehead atoms. The second kappa shape index (κ2) is 4.63. The highest BCUT2D eigenvalue weighted by Crippen LogP contribution is 2.21. The third kappa shape index (κ3) is 2.49. The van der Waals surface area contributed by atoms with Crippen molar-refractivity contribution in [2.75, 3.05) is 36.9 Å². The molecule has 2 N–H and O–H groups in total. The van der Waals surface area contributed by atoms with Gasteiger partial charge >= 0.3 is 0 Å². The molecule has 0 amide bonds. The van der Waals surface area contributed by atoms with Gasteiger partial charge in [-0.15, -0.1) is 0 Å². The van der Waals surface area contributed by atoms with Crippen LogP contribution in [0.15, 0.2) is 6.20 Å². The Morgan fingerprint density at radius 2 is 2.27 bits per heavy atom. The topological polar surface area (TPSA) is 64.3 Å². The van der Waals surface area contributed by atoms with E-state index in [1.54, 1.807) is 0 Å². The first-order chi connectivity index (χ1) is 7.27. The number of nitrogen functional groups attached to an aromatic ring is 1. The molecule has 0 unspecified atom stereocenters. The summed E-state index contributed by atoms with van der Waals surface area (Å²) in [5.41, 5.74) is 6.36. The Bertz CT molecular complexity index is 339. The number of hydrogen-bond donors (Lipinski definition) is 1. The van der Waals surface area contributed by atoms with Gasteiger partial charge in [-0.05, 0) is 18.0 Å². The molecular weight excluding hydrogens is 216 g/mol. The van der Waals surface area contributed by atoms with Crippen molar-refractivity contribution in [2.24, 2.45) is 0 Å². The van der Waals surface area contributed by atoms with Crippen LogP contribution in [0.2, 0.25) is 5.28 Å². The van der Waals surface area contributed by atoms with Crippen molar-refractivity contribution in [3.05, 3.63) is 11.5 Å². The second-order valence-corrected chi connectivity index (χ2v) is 3.71. The second-order valence-electron chi connectivity index (χ2n) is 3.37. The van der Waals surface area contributed by atoms with E-state index in [2.05, 4.69) is 14.9 Å². The fraction of sp³-hybridized carbons (Fsp3) is 0.556. The van der Waals surface area contributed by atoms with Crippen molar-refractivity contribution in [3.63, 3.8) is 0 Å². The fourth-order valence-corrected chi connectivity index (χ4v) is 1.70. The predicted octanol–water partition coefficient (Wildman–Crippen LogP) is 0.939. The van der Waals surface area contributed by atoms with Crippen LogP contribution in [0, 0.1) is 0 Å². The maximum atomic E-state index is 5.81. The maximum absolute atomic E-state index is 5.81. The smallest absolute Gasteiger partial charge is 0.224 e. The molecule has 5 nitrogen and oxygen atoms in total. The summed E-state index contributed by atoms with van der Waals surface area (Å²) in [6, 6.07) is 0. The molecule has 0 spiro atoms. The number of halogens is 1. The van der Waals surface area contributed by atoms with Gasteiger partial charge in [0.2, 0.25) is 5.28 Å². The lowest BCUT2D eigenvalue weighted by molar-refractivity contribution is 0.152. The number of aromatic nitrogens is 2. The van der Waals surface area contributed by atoms with E-state index in [1.165, 1.54) is 6.20 Å². The lowest BCUT2D eigenvalue weighted by atomic mass is 10.3. The van der Waals surface area contributed by atoms with Crippen LogP contribution in [0.4, 0.5) is 11.5 Å². The monoisotopic (exact) mass is 228 g/mol. The van der Waals surface area contributed by atoms with Crippen LogP contribution in [-0.4, -0.2) is 36.3 Å². The summed E-state index contributed by atoms with van der Waals surface area (Å²) in [5.74, 6) is 0.709. The molecule has 6 heteroatoms. The molecule has 1 aromatic rings. The van der Waals surface area contributed by atoms with Gasteiger partial charge in [-0.2, -0.15) is 4.98 Å². The van der Waals surface area contributed by atoms with E-state index >= 15 is 0 Å². The highest BCUT2D eigenvalue weighted by atomic mass is 35.5. The Morgan fingerprint density at radius 1 is 1.40 bits per heavy atom. The van der Waals surface area contributed by atoms with Crippen molar-refractivity contribution in [3.8, 4) is 0 Å². The van der Waals surface area contributed by atoms with Crippen molar-refractivity contribution in [1.82, 2.24) is 9.97 Å². The van der Waals surface area contributed by atoms with Gasteiger partial charge in [0.25, 0.3) is 0 Å². The Kier molecular flexibility index (Phi) is 3.23. The van der Waals surface area contributed by atoms with Crippen LogP contribution in [0.1, 0.15) is 6.42 Å². The fourth-order valence-electron chi connectivity index (χ4n) is 1.57. The van der Waals surface area contributed by atoms with Gasteiger partial charge in [0.05, 0.1) is 18.5 Å². The van der Waals surface area contributed by atoms with Crippen LogP contribution in [0.25, 0.3) is 0 Å². The highest BCUT2D eigenvalue weighted by molar-refractivity contribution is 6.28. The summed E-state index contributed by atoms with van der Waals surface area (Å²) in [4.78, 5) is 10.0. The molecule has 82 valence electrons.